The molecule has 0 saturated carbocycles. The normalized spacial score (nSPS) is 22.1. The number of amides is 1. The highest BCUT2D eigenvalue weighted by Crippen LogP contribution is 2.50. The van der Waals surface area contributed by atoms with Crippen LogP contribution in [0.4, 0.5) is 83.8 Å². The van der Waals surface area contributed by atoms with Crippen LogP contribution in [0.5, 0.6) is 0 Å². The van der Waals surface area contributed by atoms with Crippen molar-refractivity contribution in [3.63, 3.8) is 0 Å². The van der Waals surface area contributed by atoms with Crippen molar-refractivity contribution in [1.82, 2.24) is 59.8 Å². The first-order chi connectivity index (χ1) is 59.8. The van der Waals surface area contributed by atoms with E-state index in [0.29, 0.717) is 99.1 Å². The molecule has 3 aromatic heterocycles. The van der Waals surface area contributed by atoms with Crippen LogP contribution in [0.15, 0.2) is 222 Å². The molecular formula is C89H94F18N12O8. The fourth-order valence-electron chi connectivity index (χ4n) is 17.0. The van der Waals surface area contributed by atoms with E-state index in [4.69, 9.17) is 18.9 Å². The zero-order valence-corrected chi connectivity index (χ0v) is 69.4. The largest absolute Gasteiger partial charge is 0.445 e. The van der Waals surface area contributed by atoms with Gasteiger partial charge in [-0.2, -0.15) is 94.3 Å². The third-order valence-corrected chi connectivity index (χ3v) is 24.0. The maximum atomic E-state index is 14.2. The molecule has 38 heteroatoms. The highest BCUT2D eigenvalue weighted by Gasteiger charge is 2.55. The predicted molar refractivity (Wildman–Crippen MR) is 431 cm³/mol. The first kappa shape index (κ1) is 96.5. The Morgan fingerprint density at radius 3 is 1.02 bits per heavy atom. The molecule has 10 aromatic rings. The molecule has 13 rings (SSSR count). The van der Waals surface area contributed by atoms with Crippen molar-refractivity contribution < 1.29 is 103 Å². The van der Waals surface area contributed by atoms with Crippen molar-refractivity contribution >= 4 is 6.09 Å². The monoisotopic (exact) mass is 1800 g/mol. The van der Waals surface area contributed by atoms with Gasteiger partial charge < -0.3 is 29.6 Å². The Kier molecular flexibility index (Phi) is 29.5. The number of likely N-dealkylation sites (tertiary alicyclic amines) is 1. The van der Waals surface area contributed by atoms with E-state index in [0.717, 1.165) is 24.0 Å². The molecule has 9 atom stereocenters. The maximum absolute atomic E-state index is 14.2. The van der Waals surface area contributed by atoms with Gasteiger partial charge in [0.25, 0.3) is 0 Å². The summed E-state index contributed by atoms with van der Waals surface area (Å²) in [6, 6.07) is 40.6. The van der Waals surface area contributed by atoms with E-state index in [1.165, 1.54) is 49.2 Å². The van der Waals surface area contributed by atoms with Crippen LogP contribution < -0.4 is 27.7 Å². The molecule has 0 aliphatic carbocycles. The number of aromatic amines is 3. The number of benzene rings is 7. The second-order valence-electron chi connectivity index (χ2n) is 32.3. The van der Waals surface area contributed by atoms with E-state index in [2.05, 4.69) is 47.8 Å². The van der Waals surface area contributed by atoms with Crippen molar-refractivity contribution in [2.24, 2.45) is 0 Å². The summed E-state index contributed by atoms with van der Waals surface area (Å²) in [6.07, 6.45) is -22.3. The van der Waals surface area contributed by atoms with E-state index >= 15 is 0 Å². The molecule has 6 heterocycles. The highest BCUT2D eigenvalue weighted by atomic mass is 19.4. The zero-order valence-electron chi connectivity index (χ0n) is 69.4. The Labute approximate surface area is 717 Å². The molecule has 3 fully saturated rings. The molecule has 3 aliphatic heterocycles. The summed E-state index contributed by atoms with van der Waals surface area (Å²) in [5.41, 5.74) is -12.4. The molecule has 3 aliphatic rings. The Hall–Kier alpha value is -11.1. The van der Waals surface area contributed by atoms with E-state index in [-0.39, 0.29) is 98.5 Å². The SMILES string of the molecule is C=CC[C@]1(n2cn[nH]c2=O)CC[C@@](CO[C@H](C)c2cc(C(F)(F)F)cc(C(F)(F)F)c2)(c2ccccc2)N(C(=O)OCc2ccccc2)C1.CCC[C@]1(n2cn[nH]c2=O)CC[C@@](CO[C@H](C)c2cc(C(F)(F)F)cc(C(F)(F)F)c2)(c2ccccc2)NC1.CCC[C@]1(n2cn[nH]c2=O)CC[C@@](CO[C@H](C)c2cc(C(F)(F)F)cc(C(F)(F)F)c2)(c2ccccc2)NC1. The van der Waals surface area contributed by atoms with Gasteiger partial charge >= 0.3 is 60.2 Å². The molecule has 684 valence electrons. The number of alkyl halides is 18. The minimum absolute atomic E-state index is 0.0156. The van der Waals surface area contributed by atoms with Gasteiger partial charge in [-0.25, -0.2) is 34.5 Å². The summed E-state index contributed by atoms with van der Waals surface area (Å²) in [7, 11) is 0. The quantitative estimate of drug-likeness (QED) is 0.0251. The number of carbonyl (C=O) groups is 1. The van der Waals surface area contributed by atoms with E-state index in [1.807, 2.05) is 80.6 Å². The number of nitrogens with zero attached hydrogens (tertiary/aromatic N) is 7. The predicted octanol–water partition coefficient (Wildman–Crippen LogP) is 20.3. The molecule has 20 nitrogen and oxygen atoms in total. The number of rotatable bonds is 26. The van der Waals surface area contributed by atoms with Crippen molar-refractivity contribution in [1.29, 1.82) is 0 Å². The minimum Gasteiger partial charge on any atom is -0.445 e. The molecule has 7 aromatic carbocycles. The van der Waals surface area contributed by atoms with Gasteiger partial charge in [0.1, 0.15) is 25.6 Å². The van der Waals surface area contributed by atoms with Gasteiger partial charge in [0.05, 0.1) is 105 Å². The number of hydrogen-bond acceptors (Lipinski definition) is 13. The van der Waals surface area contributed by atoms with Crippen LogP contribution in [0.1, 0.15) is 196 Å². The Morgan fingerprint density at radius 2 is 0.732 bits per heavy atom. The lowest BCUT2D eigenvalue weighted by Crippen LogP contribution is -2.63. The fourth-order valence-corrected chi connectivity index (χ4v) is 17.0. The van der Waals surface area contributed by atoms with Crippen LogP contribution in [-0.4, -0.2) is 94.7 Å². The maximum Gasteiger partial charge on any atom is 0.416 e. The first-order valence-corrected chi connectivity index (χ1v) is 40.6. The number of hydrogen-bond donors (Lipinski definition) is 5. The van der Waals surface area contributed by atoms with E-state index < -0.39 is 134 Å². The molecule has 3 saturated heterocycles. The molecule has 1 amide bonds. The second kappa shape index (κ2) is 38.8. The molecular weight excluding hydrogens is 1710 g/mol. The van der Waals surface area contributed by atoms with Crippen LogP contribution >= 0.6 is 0 Å². The first-order valence-electron chi connectivity index (χ1n) is 40.6. The second-order valence-corrected chi connectivity index (χ2v) is 32.3. The topological polar surface area (TPSA) is 233 Å². The lowest BCUT2D eigenvalue weighted by atomic mass is 9.73. The fraction of sp³-hybridized carbons (Fsp3) is 0.427. The van der Waals surface area contributed by atoms with E-state index in [1.54, 1.807) is 69.8 Å². The molecule has 127 heavy (non-hydrogen) atoms. The summed E-state index contributed by atoms with van der Waals surface area (Å²) in [5, 5.41) is 25.9. The third kappa shape index (κ3) is 22.4. The average Bonchev–Trinajstić information content (AvgIpc) is 1.54. The van der Waals surface area contributed by atoms with Gasteiger partial charge in [-0.1, -0.05) is 154 Å². The molecule has 0 bridgehead atoms. The number of ether oxygens (including phenoxy) is 4. The zero-order chi connectivity index (χ0) is 92.4. The van der Waals surface area contributed by atoms with Gasteiger partial charge in [-0.05, 0) is 172 Å². The van der Waals surface area contributed by atoms with Gasteiger partial charge in [0.2, 0.25) is 0 Å². The lowest BCUT2D eigenvalue weighted by Gasteiger charge is -2.53. The summed E-state index contributed by atoms with van der Waals surface area (Å²) in [5.74, 6) is 0. The average molecular weight is 1800 g/mol. The van der Waals surface area contributed by atoms with Crippen molar-refractivity contribution in [2.45, 2.75) is 200 Å². The smallest absolute Gasteiger partial charge is 0.416 e. The van der Waals surface area contributed by atoms with Crippen molar-refractivity contribution in [2.75, 3.05) is 39.5 Å². The summed E-state index contributed by atoms with van der Waals surface area (Å²) in [6.45, 7) is 12.3. The number of aromatic nitrogens is 9. The van der Waals surface area contributed by atoms with Gasteiger partial charge in [-0.15, -0.1) is 6.58 Å². The van der Waals surface area contributed by atoms with Crippen LogP contribution in [0.25, 0.3) is 0 Å². The third-order valence-electron chi connectivity index (χ3n) is 24.0. The number of allylic oxidation sites excluding steroid dienone is 1. The number of nitrogens with one attached hydrogen (secondary N) is 5. The Bertz CT molecular complexity index is 5180. The molecule has 0 unspecified atom stereocenters. The van der Waals surface area contributed by atoms with Crippen LogP contribution in [0.2, 0.25) is 0 Å². The standard InChI is InChI=1S/C35H34F6N4O4.2C27H30F6N4O2/c1-3-14-32(45-23-42-43-30(45)46)15-16-33(27-12-8-5-9-13-27,44(21-32)31(47)48-20-25-10-6-4-7-11-25)22-49-24(2)26-17-28(34(36,37)38)19-29(18-26)35(39,40)41;2*1-3-9-24(37-17-35-36-23(37)38)10-11-25(34-15-24,20-7-5-4-6-8-20)16-39-18(2)19-12-21(26(28,29)30)14-22(13-19)27(31,32)33/h3-13,17-19,23-24H,1,14-16,20-22H2,2H3,(H,43,46);2*4-8,12-14,17-18,34H,3,9-11,15-16H2,1-2H3,(H,36,38)/t24-,32+,33-;2*18-,24+,25-/m111/s1. The Balaban J connectivity index is 0.000000187. The van der Waals surface area contributed by atoms with Crippen molar-refractivity contribution in [3.05, 3.63) is 311 Å². The number of H-pyrrole nitrogens is 3. The van der Waals surface area contributed by atoms with Crippen LogP contribution in [0, 0.1) is 0 Å². The summed E-state index contributed by atoms with van der Waals surface area (Å²) in [4.78, 5) is 53.4. The van der Waals surface area contributed by atoms with Crippen LogP contribution in [0.3, 0.4) is 0 Å². The minimum atomic E-state index is -5.04. The lowest BCUT2D eigenvalue weighted by molar-refractivity contribution is -0.145. The highest BCUT2D eigenvalue weighted by molar-refractivity contribution is 5.70. The number of piperidine rings is 3. The molecule has 5 N–H and O–H groups in total. The van der Waals surface area contributed by atoms with Gasteiger partial charge in [0, 0.05) is 19.6 Å². The van der Waals surface area contributed by atoms with Gasteiger partial charge in [0.15, 0.2) is 0 Å². The van der Waals surface area contributed by atoms with Crippen LogP contribution in [-0.2, 0) is 95.8 Å². The molecule has 0 radical (unpaired) electrons. The Morgan fingerprint density at radius 1 is 0.425 bits per heavy atom. The number of halogens is 18. The van der Waals surface area contributed by atoms with E-state index in [9.17, 15) is 98.2 Å². The van der Waals surface area contributed by atoms with Gasteiger partial charge in [-0.3, -0.25) is 18.6 Å². The summed E-state index contributed by atoms with van der Waals surface area (Å²) < 4.78 is 271. The summed E-state index contributed by atoms with van der Waals surface area (Å²) >= 11 is 0. The van der Waals surface area contributed by atoms with Crippen molar-refractivity contribution in [3.8, 4) is 0 Å². The molecule has 0 spiro atoms. The number of carbonyl (C=O) groups excluding carboxylic acids is 1.